The van der Waals surface area contributed by atoms with E-state index in [-0.39, 0.29) is 5.78 Å². The van der Waals surface area contributed by atoms with E-state index in [9.17, 15) is 4.79 Å². The Morgan fingerprint density at radius 3 is 2.68 bits per heavy atom. The van der Waals surface area contributed by atoms with Crippen LogP contribution in [0.25, 0.3) is 0 Å². The van der Waals surface area contributed by atoms with Crippen LogP contribution >= 0.6 is 0 Å². The number of nitrogen functional groups attached to an aromatic ring is 1. The normalized spacial score (nSPS) is 10.2. The number of Topliss-reactive ketones (excluding diaryl/α,β-unsaturated/α-hetero) is 1. The Hall–Kier alpha value is -2.29. The van der Waals surface area contributed by atoms with Gasteiger partial charge in [0.05, 0.1) is 0 Å². The third-order valence-corrected chi connectivity index (χ3v) is 3.01. The summed E-state index contributed by atoms with van der Waals surface area (Å²) in [6.07, 6.45) is 0. The van der Waals surface area contributed by atoms with Gasteiger partial charge in [0.15, 0.2) is 5.78 Å². The molecule has 19 heavy (non-hydrogen) atoms. The molecule has 0 aliphatic carbocycles. The molecule has 0 aromatic heterocycles. The highest BCUT2D eigenvalue weighted by Gasteiger charge is 2.05. The van der Waals surface area contributed by atoms with Crippen molar-refractivity contribution in [3.05, 3.63) is 59.2 Å². The Morgan fingerprint density at radius 1 is 1.21 bits per heavy atom. The monoisotopic (exact) mass is 254 g/mol. The topological polar surface area (TPSA) is 55.1 Å². The van der Waals surface area contributed by atoms with Crippen molar-refractivity contribution >= 4 is 17.2 Å². The summed E-state index contributed by atoms with van der Waals surface area (Å²) in [6, 6.07) is 13.8. The highest BCUT2D eigenvalue weighted by Crippen LogP contribution is 2.19. The molecule has 0 spiro atoms. The predicted octanol–water partition coefficient (Wildman–Crippen LogP) is 3.39. The van der Waals surface area contributed by atoms with Gasteiger partial charge in [-0.3, -0.25) is 4.79 Å². The van der Waals surface area contributed by atoms with Gasteiger partial charge >= 0.3 is 0 Å². The smallest absolute Gasteiger partial charge is 0.161 e. The van der Waals surface area contributed by atoms with Crippen molar-refractivity contribution in [2.24, 2.45) is 0 Å². The number of anilines is 2. The van der Waals surface area contributed by atoms with Crippen LogP contribution in [0.2, 0.25) is 0 Å². The molecule has 0 saturated carbocycles. The van der Waals surface area contributed by atoms with E-state index in [0.717, 1.165) is 12.2 Å². The first-order valence-corrected chi connectivity index (χ1v) is 6.26. The minimum atomic E-state index is -0.0169. The average Bonchev–Trinajstić information content (AvgIpc) is 2.37. The molecule has 2 aromatic rings. The molecular weight excluding hydrogens is 236 g/mol. The van der Waals surface area contributed by atoms with E-state index >= 15 is 0 Å². The Balaban J connectivity index is 2.12. The van der Waals surface area contributed by atoms with E-state index < -0.39 is 0 Å². The number of rotatable bonds is 4. The number of benzene rings is 2. The molecule has 98 valence electrons. The first-order valence-electron chi connectivity index (χ1n) is 6.26. The van der Waals surface area contributed by atoms with Gasteiger partial charge in [0.25, 0.3) is 0 Å². The molecule has 0 radical (unpaired) electrons. The number of carbonyl (C=O) groups excluding carboxylic acids is 1. The summed E-state index contributed by atoms with van der Waals surface area (Å²) in [7, 11) is 0. The molecule has 0 fully saturated rings. The van der Waals surface area contributed by atoms with E-state index in [2.05, 4.69) is 30.4 Å². The number of aryl methyl sites for hydroxylation is 1. The zero-order chi connectivity index (χ0) is 13.8. The van der Waals surface area contributed by atoms with Crippen molar-refractivity contribution in [1.82, 2.24) is 0 Å². The average molecular weight is 254 g/mol. The maximum atomic E-state index is 11.4. The standard InChI is InChI=1S/C16H18N2O/c1-11-4-3-5-13(8-11)10-18-14-6-7-16(17)15(9-14)12(2)19/h3-9,18H,10,17H2,1-2H3. The first kappa shape index (κ1) is 13.1. The van der Waals surface area contributed by atoms with E-state index in [4.69, 9.17) is 5.73 Å². The number of hydrogen-bond donors (Lipinski definition) is 2. The van der Waals surface area contributed by atoms with E-state index in [1.54, 1.807) is 12.1 Å². The maximum absolute atomic E-state index is 11.4. The fourth-order valence-electron chi connectivity index (χ4n) is 2.00. The van der Waals surface area contributed by atoms with Crippen LogP contribution < -0.4 is 11.1 Å². The van der Waals surface area contributed by atoms with Crippen molar-refractivity contribution in [3.8, 4) is 0 Å². The van der Waals surface area contributed by atoms with E-state index in [1.807, 2.05) is 12.1 Å². The van der Waals surface area contributed by atoms with Crippen molar-refractivity contribution < 1.29 is 4.79 Å². The number of ketones is 1. The molecule has 0 heterocycles. The Bertz CT molecular complexity index is 605. The summed E-state index contributed by atoms with van der Waals surface area (Å²) in [6.45, 7) is 4.32. The minimum absolute atomic E-state index is 0.0169. The van der Waals surface area contributed by atoms with Crippen LogP contribution in [0.1, 0.15) is 28.4 Å². The van der Waals surface area contributed by atoms with Crippen LogP contribution in [0.3, 0.4) is 0 Å². The molecule has 0 atom stereocenters. The maximum Gasteiger partial charge on any atom is 0.161 e. The summed E-state index contributed by atoms with van der Waals surface area (Å²) in [5.41, 5.74) is 10.2. The summed E-state index contributed by atoms with van der Waals surface area (Å²) in [5, 5.41) is 3.30. The van der Waals surface area contributed by atoms with Crippen LogP contribution in [0.4, 0.5) is 11.4 Å². The van der Waals surface area contributed by atoms with Gasteiger partial charge in [-0.1, -0.05) is 29.8 Å². The second kappa shape index (κ2) is 5.57. The zero-order valence-electron chi connectivity index (χ0n) is 11.2. The molecule has 3 heteroatoms. The van der Waals surface area contributed by atoms with Gasteiger partial charge in [-0.25, -0.2) is 0 Å². The minimum Gasteiger partial charge on any atom is -0.398 e. The van der Waals surface area contributed by atoms with E-state index in [0.29, 0.717) is 11.3 Å². The molecule has 0 aliphatic heterocycles. The number of hydrogen-bond acceptors (Lipinski definition) is 3. The molecule has 0 bridgehead atoms. The third-order valence-electron chi connectivity index (χ3n) is 3.01. The zero-order valence-corrected chi connectivity index (χ0v) is 11.2. The Morgan fingerprint density at radius 2 is 2.00 bits per heavy atom. The molecule has 0 amide bonds. The lowest BCUT2D eigenvalue weighted by Gasteiger charge is -2.09. The Labute approximate surface area is 113 Å². The third kappa shape index (κ3) is 3.35. The molecular formula is C16H18N2O. The molecule has 3 nitrogen and oxygen atoms in total. The van der Waals surface area contributed by atoms with Crippen LogP contribution in [-0.4, -0.2) is 5.78 Å². The molecule has 0 aliphatic rings. The Kier molecular flexibility index (Phi) is 3.85. The summed E-state index contributed by atoms with van der Waals surface area (Å²) >= 11 is 0. The summed E-state index contributed by atoms with van der Waals surface area (Å²) in [4.78, 5) is 11.4. The fourth-order valence-corrected chi connectivity index (χ4v) is 2.00. The molecule has 2 aromatic carbocycles. The quantitative estimate of drug-likeness (QED) is 0.649. The van der Waals surface area contributed by atoms with Crippen LogP contribution in [0, 0.1) is 6.92 Å². The second-order valence-electron chi connectivity index (χ2n) is 4.70. The van der Waals surface area contributed by atoms with Crippen LogP contribution in [0.5, 0.6) is 0 Å². The second-order valence-corrected chi connectivity index (χ2v) is 4.70. The fraction of sp³-hybridized carbons (Fsp3) is 0.188. The number of carbonyl (C=O) groups is 1. The van der Waals surface area contributed by atoms with E-state index in [1.165, 1.54) is 18.1 Å². The lowest BCUT2D eigenvalue weighted by atomic mass is 10.1. The molecule has 2 rings (SSSR count). The van der Waals surface area contributed by atoms with Crippen LogP contribution in [0.15, 0.2) is 42.5 Å². The van der Waals surface area contributed by atoms with Crippen LogP contribution in [-0.2, 0) is 6.54 Å². The first-order chi connectivity index (χ1) is 9.06. The molecule has 0 unspecified atom stereocenters. The lowest BCUT2D eigenvalue weighted by molar-refractivity contribution is 0.101. The summed E-state index contributed by atoms with van der Waals surface area (Å²) < 4.78 is 0. The largest absolute Gasteiger partial charge is 0.398 e. The van der Waals surface area contributed by atoms with Crippen molar-refractivity contribution in [2.75, 3.05) is 11.1 Å². The number of nitrogens with two attached hydrogens (primary N) is 1. The molecule has 0 saturated heterocycles. The van der Waals surface area contributed by atoms with Crippen molar-refractivity contribution in [3.63, 3.8) is 0 Å². The number of nitrogens with one attached hydrogen (secondary N) is 1. The van der Waals surface area contributed by atoms with Crippen molar-refractivity contribution in [2.45, 2.75) is 20.4 Å². The van der Waals surface area contributed by atoms with Gasteiger partial charge in [-0.2, -0.15) is 0 Å². The van der Waals surface area contributed by atoms with Gasteiger partial charge in [-0.15, -0.1) is 0 Å². The van der Waals surface area contributed by atoms with Gasteiger partial charge in [-0.05, 0) is 37.6 Å². The highest BCUT2D eigenvalue weighted by molar-refractivity contribution is 6.00. The van der Waals surface area contributed by atoms with Gasteiger partial charge in [0, 0.05) is 23.5 Å². The lowest BCUT2D eigenvalue weighted by Crippen LogP contribution is -2.04. The SMILES string of the molecule is CC(=O)c1cc(NCc2cccc(C)c2)ccc1N. The summed E-state index contributed by atoms with van der Waals surface area (Å²) in [5.74, 6) is -0.0169. The van der Waals surface area contributed by atoms with Gasteiger partial charge < -0.3 is 11.1 Å². The van der Waals surface area contributed by atoms with Gasteiger partial charge in [0.1, 0.15) is 0 Å². The predicted molar refractivity (Wildman–Crippen MR) is 79.4 cm³/mol. The molecule has 3 N–H and O–H groups in total. The van der Waals surface area contributed by atoms with Gasteiger partial charge in [0.2, 0.25) is 0 Å². The highest BCUT2D eigenvalue weighted by atomic mass is 16.1. The van der Waals surface area contributed by atoms with Crippen molar-refractivity contribution in [1.29, 1.82) is 0 Å².